The van der Waals surface area contributed by atoms with Gasteiger partial charge in [0.15, 0.2) is 9.84 Å². The van der Waals surface area contributed by atoms with E-state index in [2.05, 4.69) is 39.5 Å². The van der Waals surface area contributed by atoms with Crippen LogP contribution in [0.4, 0.5) is 5.82 Å². The molecule has 1 aliphatic heterocycles. The van der Waals surface area contributed by atoms with Gasteiger partial charge in [-0.05, 0) is 35.4 Å². The monoisotopic (exact) mass is 381 g/mol. The van der Waals surface area contributed by atoms with E-state index >= 15 is 0 Å². The van der Waals surface area contributed by atoms with Crippen LogP contribution in [0.1, 0.15) is 37.2 Å². The Hall–Kier alpha value is -0.440. The second-order valence-corrected chi connectivity index (χ2v) is 7.89. The van der Waals surface area contributed by atoms with Gasteiger partial charge in [-0.25, -0.2) is 18.4 Å². The van der Waals surface area contributed by atoms with Crippen molar-refractivity contribution in [2.24, 2.45) is 0 Å². The molecule has 7 heteroatoms. The Morgan fingerprint density at radius 1 is 1.44 bits per heavy atom. The maximum atomic E-state index is 11.5. The third-order valence-electron chi connectivity index (χ3n) is 3.05. The lowest BCUT2D eigenvalue weighted by molar-refractivity contribution is 0.601. The zero-order valence-electron chi connectivity index (χ0n) is 10.2. The smallest absolute Gasteiger partial charge is 0.151 e. The van der Waals surface area contributed by atoms with Gasteiger partial charge in [-0.2, -0.15) is 0 Å². The first kappa shape index (κ1) is 14.0. The fourth-order valence-electron chi connectivity index (χ4n) is 2.12. The van der Waals surface area contributed by atoms with Gasteiger partial charge < -0.3 is 5.73 Å². The number of hydrogen-bond acceptors (Lipinski definition) is 5. The third kappa shape index (κ3) is 2.93. The van der Waals surface area contributed by atoms with E-state index in [9.17, 15) is 8.42 Å². The Labute approximate surface area is 121 Å². The number of nitrogens with zero attached hydrogens (tertiary/aromatic N) is 2. The van der Waals surface area contributed by atoms with E-state index in [0.29, 0.717) is 18.1 Å². The number of halogens is 1. The molecule has 1 saturated heterocycles. The van der Waals surface area contributed by atoms with Crippen LogP contribution in [0.2, 0.25) is 0 Å². The van der Waals surface area contributed by atoms with Crippen LogP contribution in [0, 0.1) is 3.57 Å². The Balaban J connectivity index is 2.34. The van der Waals surface area contributed by atoms with E-state index < -0.39 is 9.84 Å². The molecule has 1 aromatic heterocycles. The summed E-state index contributed by atoms with van der Waals surface area (Å²) < 4.78 is 23.9. The molecule has 18 heavy (non-hydrogen) atoms. The highest BCUT2D eigenvalue weighted by molar-refractivity contribution is 14.1. The van der Waals surface area contributed by atoms with E-state index in [0.717, 1.165) is 22.1 Å². The number of nitrogen functional groups attached to an aromatic ring is 1. The first-order chi connectivity index (χ1) is 8.43. The van der Waals surface area contributed by atoms with Crippen molar-refractivity contribution in [3.05, 3.63) is 15.1 Å². The summed E-state index contributed by atoms with van der Waals surface area (Å²) in [5, 5.41) is 0. The number of aromatic nitrogens is 2. The fraction of sp³-hybridized carbons (Fsp3) is 0.636. The van der Waals surface area contributed by atoms with E-state index in [1.807, 2.05) is 0 Å². The van der Waals surface area contributed by atoms with Crippen molar-refractivity contribution in [1.82, 2.24) is 9.97 Å². The summed E-state index contributed by atoms with van der Waals surface area (Å²) in [4.78, 5) is 8.77. The Morgan fingerprint density at radius 2 is 2.17 bits per heavy atom. The summed E-state index contributed by atoms with van der Waals surface area (Å²) in [5.74, 6) is 1.35. The van der Waals surface area contributed by atoms with Crippen molar-refractivity contribution in [2.75, 3.05) is 17.2 Å². The molecule has 1 aromatic rings. The van der Waals surface area contributed by atoms with Gasteiger partial charge in [0.2, 0.25) is 0 Å². The minimum Gasteiger partial charge on any atom is -0.383 e. The number of aryl methyl sites for hydroxylation is 1. The van der Waals surface area contributed by atoms with Crippen LogP contribution in [0.3, 0.4) is 0 Å². The van der Waals surface area contributed by atoms with Crippen LogP contribution >= 0.6 is 22.6 Å². The first-order valence-corrected chi connectivity index (χ1v) is 8.85. The zero-order chi connectivity index (χ0) is 13.3. The summed E-state index contributed by atoms with van der Waals surface area (Å²) in [6, 6.07) is 0. The zero-order valence-corrected chi connectivity index (χ0v) is 13.2. The molecule has 0 spiro atoms. The van der Waals surface area contributed by atoms with Crippen LogP contribution in [-0.4, -0.2) is 29.9 Å². The summed E-state index contributed by atoms with van der Waals surface area (Å²) in [6.07, 6.45) is 2.43. The van der Waals surface area contributed by atoms with Gasteiger partial charge in [-0.3, -0.25) is 0 Å². The maximum absolute atomic E-state index is 11.5. The van der Waals surface area contributed by atoms with Crippen molar-refractivity contribution in [3.8, 4) is 0 Å². The second kappa shape index (κ2) is 5.28. The Kier molecular flexibility index (Phi) is 4.10. The molecule has 0 bridgehead atoms. The van der Waals surface area contributed by atoms with Crippen LogP contribution in [-0.2, 0) is 16.3 Å². The van der Waals surface area contributed by atoms with Crippen molar-refractivity contribution in [1.29, 1.82) is 0 Å². The summed E-state index contributed by atoms with van der Waals surface area (Å²) in [5.41, 5.74) is 6.81. The van der Waals surface area contributed by atoms with Gasteiger partial charge in [0.25, 0.3) is 0 Å². The number of anilines is 1. The molecule has 1 atom stereocenters. The van der Waals surface area contributed by atoms with Crippen LogP contribution < -0.4 is 5.73 Å². The average Bonchev–Trinajstić information content (AvgIpc) is 2.65. The van der Waals surface area contributed by atoms with Crippen LogP contribution in [0.5, 0.6) is 0 Å². The van der Waals surface area contributed by atoms with Gasteiger partial charge in [-0.1, -0.05) is 13.3 Å². The van der Waals surface area contributed by atoms with E-state index in [4.69, 9.17) is 5.73 Å². The van der Waals surface area contributed by atoms with E-state index in [1.165, 1.54) is 0 Å². The molecular formula is C11H16IN3O2S. The SMILES string of the molecule is CCCc1nc(C2CCS(=O)(=O)C2)nc(N)c1I. The molecule has 2 N–H and O–H groups in total. The summed E-state index contributed by atoms with van der Waals surface area (Å²) in [7, 11) is -2.91. The lowest BCUT2D eigenvalue weighted by atomic mass is 10.1. The topological polar surface area (TPSA) is 85.9 Å². The van der Waals surface area contributed by atoms with Crippen molar-refractivity contribution < 1.29 is 8.42 Å². The van der Waals surface area contributed by atoms with E-state index in [-0.39, 0.29) is 17.4 Å². The third-order valence-corrected chi connectivity index (χ3v) is 5.99. The highest BCUT2D eigenvalue weighted by Gasteiger charge is 2.31. The lowest BCUT2D eigenvalue weighted by Gasteiger charge is -2.11. The number of hydrogen-bond donors (Lipinski definition) is 1. The highest BCUT2D eigenvalue weighted by atomic mass is 127. The van der Waals surface area contributed by atoms with Gasteiger partial charge >= 0.3 is 0 Å². The Morgan fingerprint density at radius 3 is 2.72 bits per heavy atom. The summed E-state index contributed by atoms with van der Waals surface area (Å²) in [6.45, 7) is 2.08. The maximum Gasteiger partial charge on any atom is 0.151 e. The molecule has 0 aromatic carbocycles. The number of sulfone groups is 1. The molecule has 0 radical (unpaired) electrons. The molecule has 0 aliphatic carbocycles. The van der Waals surface area contributed by atoms with Crippen molar-refractivity contribution in [2.45, 2.75) is 32.1 Å². The second-order valence-electron chi connectivity index (χ2n) is 4.58. The van der Waals surface area contributed by atoms with Gasteiger partial charge in [0, 0.05) is 5.92 Å². The number of nitrogens with two attached hydrogens (primary N) is 1. The molecule has 2 heterocycles. The molecule has 0 saturated carbocycles. The molecule has 100 valence electrons. The molecule has 1 unspecified atom stereocenters. The molecule has 0 amide bonds. The summed E-state index contributed by atoms with van der Waals surface area (Å²) >= 11 is 2.15. The lowest BCUT2D eigenvalue weighted by Crippen LogP contribution is -2.12. The first-order valence-electron chi connectivity index (χ1n) is 5.95. The van der Waals surface area contributed by atoms with Gasteiger partial charge in [0.05, 0.1) is 20.8 Å². The average molecular weight is 381 g/mol. The van der Waals surface area contributed by atoms with Crippen molar-refractivity contribution >= 4 is 38.2 Å². The molecule has 1 fully saturated rings. The van der Waals surface area contributed by atoms with Gasteiger partial charge in [0.1, 0.15) is 11.6 Å². The predicted molar refractivity (Wildman–Crippen MR) is 79.2 cm³/mol. The Bertz CT molecular complexity index is 560. The normalized spacial score (nSPS) is 22.2. The van der Waals surface area contributed by atoms with Gasteiger partial charge in [-0.15, -0.1) is 0 Å². The number of rotatable bonds is 3. The minimum absolute atomic E-state index is 0.0927. The fourth-order valence-corrected chi connectivity index (χ4v) is 4.37. The standard InChI is InChI=1S/C11H16IN3O2S/c1-2-3-8-9(12)10(13)15-11(14-8)7-4-5-18(16,17)6-7/h7H,2-6H2,1H3,(H2,13,14,15). The van der Waals surface area contributed by atoms with Crippen LogP contribution in [0.15, 0.2) is 0 Å². The van der Waals surface area contributed by atoms with E-state index in [1.54, 1.807) is 0 Å². The van der Waals surface area contributed by atoms with Crippen LogP contribution in [0.25, 0.3) is 0 Å². The quantitative estimate of drug-likeness (QED) is 0.803. The molecule has 2 rings (SSSR count). The molecule has 5 nitrogen and oxygen atoms in total. The highest BCUT2D eigenvalue weighted by Crippen LogP contribution is 2.28. The molecule has 1 aliphatic rings. The predicted octanol–water partition coefficient (Wildman–Crippen LogP) is 1.52. The van der Waals surface area contributed by atoms with Crippen molar-refractivity contribution in [3.63, 3.8) is 0 Å². The minimum atomic E-state index is -2.91. The largest absolute Gasteiger partial charge is 0.383 e. The molecular weight excluding hydrogens is 365 g/mol.